The number of ether oxygens (including phenoxy) is 1. The molecule has 7 heteroatoms. The molecule has 0 saturated carbocycles. The van der Waals surface area contributed by atoms with Gasteiger partial charge >= 0.3 is 6.01 Å². The van der Waals surface area contributed by atoms with Gasteiger partial charge in [0.1, 0.15) is 5.75 Å². The smallest absolute Gasteiger partial charge is 0.328 e. The zero-order chi connectivity index (χ0) is 14.8. The maximum absolute atomic E-state index is 6.18. The van der Waals surface area contributed by atoms with Gasteiger partial charge in [0.25, 0.3) is 0 Å². The average Bonchev–Trinajstić information content (AvgIpc) is 2.50. The Hall–Kier alpha value is -2.11. The first-order chi connectivity index (χ1) is 10.2. The minimum absolute atomic E-state index is 0.0580. The Kier molecular flexibility index (Phi) is 3.77. The maximum atomic E-state index is 6.18. The SMILES string of the molecule is CNc1nc(Cl)nc(Oc2ccc(Cl)c3ccccc23)n1. The van der Waals surface area contributed by atoms with E-state index >= 15 is 0 Å². The van der Waals surface area contributed by atoms with Crippen molar-refractivity contribution in [1.82, 2.24) is 15.0 Å². The second-order valence-corrected chi connectivity index (χ2v) is 4.90. The molecule has 2 aromatic carbocycles. The van der Waals surface area contributed by atoms with Gasteiger partial charge in [0.15, 0.2) is 0 Å². The van der Waals surface area contributed by atoms with Crippen molar-refractivity contribution in [2.24, 2.45) is 0 Å². The molecule has 0 aliphatic heterocycles. The van der Waals surface area contributed by atoms with Gasteiger partial charge in [0.05, 0.1) is 0 Å². The first kappa shape index (κ1) is 13.9. The molecule has 5 nitrogen and oxygen atoms in total. The molecule has 0 radical (unpaired) electrons. The maximum Gasteiger partial charge on any atom is 0.328 e. The number of anilines is 1. The van der Waals surface area contributed by atoms with Crippen LogP contribution < -0.4 is 10.1 Å². The zero-order valence-electron chi connectivity index (χ0n) is 11.0. The van der Waals surface area contributed by atoms with Crippen LogP contribution in [0, 0.1) is 0 Å². The van der Waals surface area contributed by atoms with Crippen LogP contribution in [0.5, 0.6) is 11.8 Å². The van der Waals surface area contributed by atoms with Crippen molar-refractivity contribution in [3.05, 3.63) is 46.7 Å². The number of nitrogens with zero attached hydrogens (tertiary/aromatic N) is 3. The molecule has 1 aromatic heterocycles. The van der Waals surface area contributed by atoms with E-state index in [0.717, 1.165) is 10.8 Å². The van der Waals surface area contributed by atoms with Crippen LogP contribution in [0.25, 0.3) is 10.8 Å². The quantitative estimate of drug-likeness (QED) is 0.785. The summed E-state index contributed by atoms with van der Waals surface area (Å²) < 4.78 is 5.72. The number of rotatable bonds is 3. The molecular weight excluding hydrogens is 311 g/mol. The molecule has 0 unspecified atom stereocenters. The van der Waals surface area contributed by atoms with Crippen LogP contribution in [-0.2, 0) is 0 Å². The van der Waals surface area contributed by atoms with E-state index in [-0.39, 0.29) is 11.3 Å². The van der Waals surface area contributed by atoms with E-state index in [9.17, 15) is 0 Å². The molecule has 21 heavy (non-hydrogen) atoms. The number of hydrogen-bond acceptors (Lipinski definition) is 5. The van der Waals surface area contributed by atoms with E-state index in [2.05, 4.69) is 20.3 Å². The van der Waals surface area contributed by atoms with E-state index in [0.29, 0.717) is 16.7 Å². The highest BCUT2D eigenvalue weighted by Crippen LogP contribution is 2.33. The Bertz CT molecular complexity index is 810. The van der Waals surface area contributed by atoms with E-state index in [1.54, 1.807) is 19.2 Å². The standard InChI is InChI=1S/C14H10Cl2N4O/c1-17-13-18-12(16)19-14(20-13)21-11-7-6-10(15)8-4-2-3-5-9(8)11/h2-7H,1H3,(H,17,18,19,20). The Morgan fingerprint density at radius 1 is 0.952 bits per heavy atom. The van der Waals surface area contributed by atoms with E-state index in [1.165, 1.54) is 0 Å². The second-order valence-electron chi connectivity index (χ2n) is 4.15. The lowest BCUT2D eigenvalue weighted by atomic mass is 10.1. The summed E-state index contributed by atoms with van der Waals surface area (Å²) in [5.41, 5.74) is 0. The number of aromatic nitrogens is 3. The molecule has 0 aliphatic carbocycles. The number of fused-ring (bicyclic) bond motifs is 1. The van der Waals surface area contributed by atoms with Crippen molar-refractivity contribution in [3.8, 4) is 11.8 Å². The van der Waals surface area contributed by atoms with Crippen LogP contribution in [-0.4, -0.2) is 22.0 Å². The van der Waals surface area contributed by atoms with E-state index in [1.807, 2.05) is 24.3 Å². The third-order valence-corrected chi connectivity index (χ3v) is 3.34. The first-order valence-electron chi connectivity index (χ1n) is 6.12. The Morgan fingerprint density at radius 2 is 1.71 bits per heavy atom. The van der Waals surface area contributed by atoms with Crippen LogP contribution in [0.4, 0.5) is 5.95 Å². The topological polar surface area (TPSA) is 59.9 Å². The molecule has 106 valence electrons. The molecule has 1 N–H and O–H groups in total. The lowest BCUT2D eigenvalue weighted by Gasteiger charge is -2.09. The van der Waals surface area contributed by atoms with Crippen molar-refractivity contribution in [1.29, 1.82) is 0 Å². The van der Waals surface area contributed by atoms with Crippen LogP contribution >= 0.6 is 23.2 Å². The predicted octanol–water partition coefficient (Wildman–Crippen LogP) is 4.17. The summed E-state index contributed by atoms with van der Waals surface area (Å²) in [6.07, 6.45) is 0. The molecule has 0 bridgehead atoms. The summed E-state index contributed by atoms with van der Waals surface area (Å²) in [6.45, 7) is 0. The highest BCUT2D eigenvalue weighted by molar-refractivity contribution is 6.35. The molecule has 0 aliphatic rings. The van der Waals surface area contributed by atoms with Crippen molar-refractivity contribution < 1.29 is 4.74 Å². The third-order valence-electron chi connectivity index (χ3n) is 2.84. The monoisotopic (exact) mass is 320 g/mol. The molecule has 0 saturated heterocycles. The van der Waals surface area contributed by atoms with Crippen LogP contribution in [0.1, 0.15) is 0 Å². The molecule has 0 amide bonds. The molecule has 0 spiro atoms. The van der Waals surface area contributed by atoms with Gasteiger partial charge in [0, 0.05) is 22.8 Å². The van der Waals surface area contributed by atoms with Gasteiger partial charge in [-0.2, -0.15) is 15.0 Å². The first-order valence-corrected chi connectivity index (χ1v) is 6.87. The summed E-state index contributed by atoms with van der Waals surface area (Å²) in [5, 5.41) is 5.27. The average molecular weight is 321 g/mol. The zero-order valence-corrected chi connectivity index (χ0v) is 12.5. The lowest BCUT2D eigenvalue weighted by molar-refractivity contribution is 0.445. The van der Waals surface area contributed by atoms with Gasteiger partial charge in [-0.25, -0.2) is 0 Å². The normalized spacial score (nSPS) is 10.6. The minimum Gasteiger partial charge on any atom is -0.423 e. The number of benzene rings is 2. The van der Waals surface area contributed by atoms with Crippen LogP contribution in [0.2, 0.25) is 10.3 Å². The molecule has 0 fully saturated rings. The van der Waals surface area contributed by atoms with Crippen molar-refractivity contribution >= 4 is 39.9 Å². The summed E-state index contributed by atoms with van der Waals surface area (Å²) in [6, 6.07) is 11.3. The molecular formula is C14H10Cl2N4O. The fraction of sp³-hybridized carbons (Fsp3) is 0.0714. The van der Waals surface area contributed by atoms with E-state index in [4.69, 9.17) is 27.9 Å². The summed E-state index contributed by atoms with van der Waals surface area (Å²) in [5.74, 6) is 0.933. The van der Waals surface area contributed by atoms with Gasteiger partial charge in [-0.05, 0) is 23.7 Å². The summed E-state index contributed by atoms with van der Waals surface area (Å²) in [7, 11) is 1.69. The van der Waals surface area contributed by atoms with Crippen molar-refractivity contribution in [3.63, 3.8) is 0 Å². The Labute approximate surface area is 130 Å². The summed E-state index contributed by atoms with van der Waals surface area (Å²) >= 11 is 12.0. The number of nitrogens with one attached hydrogen (secondary N) is 1. The van der Waals surface area contributed by atoms with Gasteiger partial charge in [0.2, 0.25) is 11.2 Å². The fourth-order valence-electron chi connectivity index (χ4n) is 1.91. The molecule has 0 atom stereocenters. The minimum atomic E-state index is 0.0580. The highest BCUT2D eigenvalue weighted by Gasteiger charge is 2.10. The van der Waals surface area contributed by atoms with Gasteiger partial charge in [-0.15, -0.1) is 0 Å². The van der Waals surface area contributed by atoms with Gasteiger partial charge in [-0.1, -0.05) is 35.9 Å². The number of halogens is 2. The van der Waals surface area contributed by atoms with Crippen LogP contribution in [0.3, 0.4) is 0 Å². The Morgan fingerprint density at radius 3 is 2.48 bits per heavy atom. The third kappa shape index (κ3) is 2.84. The van der Waals surface area contributed by atoms with Crippen molar-refractivity contribution in [2.75, 3.05) is 12.4 Å². The fourth-order valence-corrected chi connectivity index (χ4v) is 2.29. The van der Waals surface area contributed by atoms with Crippen molar-refractivity contribution in [2.45, 2.75) is 0 Å². The molecule has 3 rings (SSSR count). The highest BCUT2D eigenvalue weighted by atomic mass is 35.5. The van der Waals surface area contributed by atoms with E-state index < -0.39 is 0 Å². The lowest BCUT2D eigenvalue weighted by Crippen LogP contribution is -2.01. The van der Waals surface area contributed by atoms with Gasteiger partial charge in [-0.3, -0.25) is 0 Å². The Balaban J connectivity index is 2.06. The second kappa shape index (κ2) is 5.71. The predicted molar refractivity (Wildman–Crippen MR) is 83.4 cm³/mol. The van der Waals surface area contributed by atoms with Crippen LogP contribution in [0.15, 0.2) is 36.4 Å². The summed E-state index contributed by atoms with van der Waals surface area (Å²) in [4.78, 5) is 12.0. The molecule has 1 heterocycles. The molecule has 3 aromatic rings. The number of hydrogen-bond donors (Lipinski definition) is 1. The van der Waals surface area contributed by atoms with Gasteiger partial charge < -0.3 is 10.1 Å². The largest absolute Gasteiger partial charge is 0.423 e.